The Morgan fingerprint density at radius 2 is 2.60 bits per heavy atom. The number of aliphatic imine (C=N–C) groups is 1. The van der Waals surface area contributed by atoms with Gasteiger partial charge in [-0.25, -0.2) is 0 Å². The van der Waals surface area contributed by atoms with Gasteiger partial charge in [0.05, 0.1) is 6.54 Å². The standard InChI is InChI=1S/C8H11NS/c1-2-10-8-4-3-6-9-7-5-8/h3-5,7H,2,6H2,1H3. The minimum absolute atomic E-state index is 0.824. The topological polar surface area (TPSA) is 12.4 Å². The molecule has 1 rings (SSSR count). The van der Waals surface area contributed by atoms with Gasteiger partial charge in [-0.05, 0) is 11.8 Å². The lowest BCUT2D eigenvalue weighted by molar-refractivity contribution is 1.27. The van der Waals surface area contributed by atoms with Gasteiger partial charge in [-0.1, -0.05) is 19.1 Å². The number of hydrogen-bond acceptors (Lipinski definition) is 2. The second-order valence-corrected chi connectivity index (χ2v) is 3.26. The predicted molar refractivity (Wildman–Crippen MR) is 48.7 cm³/mol. The Balaban J connectivity index is 2.55. The molecule has 0 amide bonds. The maximum absolute atomic E-state index is 4.10. The highest BCUT2D eigenvalue weighted by atomic mass is 32.2. The average molecular weight is 153 g/mol. The van der Waals surface area contributed by atoms with Crippen LogP contribution in [0.1, 0.15) is 6.92 Å². The molecule has 0 aromatic rings. The van der Waals surface area contributed by atoms with Crippen molar-refractivity contribution in [1.82, 2.24) is 0 Å². The van der Waals surface area contributed by atoms with Crippen LogP contribution in [0.15, 0.2) is 28.1 Å². The molecule has 1 aliphatic rings. The first-order valence-electron chi connectivity index (χ1n) is 3.43. The zero-order valence-electron chi connectivity index (χ0n) is 6.08. The monoisotopic (exact) mass is 153 g/mol. The quantitative estimate of drug-likeness (QED) is 0.592. The van der Waals surface area contributed by atoms with Gasteiger partial charge in [0, 0.05) is 11.1 Å². The fraction of sp³-hybridized carbons (Fsp3) is 0.375. The van der Waals surface area contributed by atoms with E-state index >= 15 is 0 Å². The average Bonchev–Trinajstić information content (AvgIpc) is 2.17. The van der Waals surface area contributed by atoms with Crippen molar-refractivity contribution in [2.24, 2.45) is 4.99 Å². The summed E-state index contributed by atoms with van der Waals surface area (Å²) in [6.45, 7) is 2.98. The summed E-state index contributed by atoms with van der Waals surface area (Å²) in [4.78, 5) is 5.41. The number of thioether (sulfide) groups is 1. The molecule has 1 nitrogen and oxygen atoms in total. The first kappa shape index (κ1) is 7.61. The highest BCUT2D eigenvalue weighted by Crippen LogP contribution is 2.16. The summed E-state index contributed by atoms with van der Waals surface area (Å²) in [5.74, 6) is 1.13. The van der Waals surface area contributed by atoms with Crippen molar-refractivity contribution < 1.29 is 0 Å². The molecule has 0 unspecified atom stereocenters. The van der Waals surface area contributed by atoms with E-state index in [9.17, 15) is 0 Å². The molecule has 2 heteroatoms. The van der Waals surface area contributed by atoms with E-state index in [0.29, 0.717) is 0 Å². The van der Waals surface area contributed by atoms with Crippen molar-refractivity contribution in [2.75, 3.05) is 12.3 Å². The Hall–Kier alpha value is -0.500. The van der Waals surface area contributed by atoms with Crippen LogP contribution in [0.3, 0.4) is 0 Å². The van der Waals surface area contributed by atoms with Crippen LogP contribution in [0.5, 0.6) is 0 Å². The largest absolute Gasteiger partial charge is 0.289 e. The normalized spacial score (nSPS) is 16.7. The maximum atomic E-state index is 4.10. The molecule has 0 saturated carbocycles. The van der Waals surface area contributed by atoms with Crippen molar-refractivity contribution in [1.29, 1.82) is 0 Å². The van der Waals surface area contributed by atoms with Gasteiger partial charge in [-0.15, -0.1) is 11.8 Å². The molecule has 10 heavy (non-hydrogen) atoms. The van der Waals surface area contributed by atoms with Gasteiger partial charge in [0.25, 0.3) is 0 Å². The fourth-order valence-electron chi connectivity index (χ4n) is 0.735. The molecule has 0 aliphatic carbocycles. The summed E-state index contributed by atoms with van der Waals surface area (Å²) in [7, 11) is 0. The van der Waals surface area contributed by atoms with Crippen molar-refractivity contribution >= 4 is 18.0 Å². The van der Waals surface area contributed by atoms with E-state index in [1.54, 1.807) is 0 Å². The van der Waals surface area contributed by atoms with Crippen LogP contribution in [0, 0.1) is 0 Å². The Kier molecular flexibility index (Phi) is 3.30. The molecule has 0 atom stereocenters. The van der Waals surface area contributed by atoms with Crippen LogP contribution < -0.4 is 0 Å². The van der Waals surface area contributed by atoms with Crippen molar-refractivity contribution in [3.63, 3.8) is 0 Å². The maximum Gasteiger partial charge on any atom is 0.0573 e. The van der Waals surface area contributed by atoms with Gasteiger partial charge in [0.2, 0.25) is 0 Å². The Morgan fingerprint density at radius 3 is 3.40 bits per heavy atom. The third-order valence-corrected chi connectivity index (χ3v) is 2.04. The van der Waals surface area contributed by atoms with E-state index < -0.39 is 0 Å². The smallest absolute Gasteiger partial charge is 0.0573 e. The first-order valence-corrected chi connectivity index (χ1v) is 4.41. The molecule has 0 fully saturated rings. The van der Waals surface area contributed by atoms with E-state index in [1.807, 2.05) is 18.0 Å². The molecule has 0 spiro atoms. The van der Waals surface area contributed by atoms with E-state index in [1.165, 1.54) is 4.91 Å². The molecule has 0 radical (unpaired) electrons. The second kappa shape index (κ2) is 4.34. The van der Waals surface area contributed by atoms with Gasteiger partial charge < -0.3 is 0 Å². The SMILES string of the molecule is CCSC1=CC=NCC=C1. The van der Waals surface area contributed by atoms with E-state index in [0.717, 1.165) is 12.3 Å². The molecule has 0 bridgehead atoms. The molecular formula is C8H11NS. The Bertz CT molecular complexity index is 180. The molecule has 0 saturated heterocycles. The van der Waals surface area contributed by atoms with Crippen molar-refractivity contribution in [3.05, 3.63) is 23.1 Å². The summed E-state index contributed by atoms with van der Waals surface area (Å²) in [6.07, 6.45) is 8.13. The Labute approximate surface area is 65.9 Å². The fourth-order valence-corrected chi connectivity index (χ4v) is 1.42. The molecule has 0 N–H and O–H groups in total. The highest BCUT2D eigenvalue weighted by molar-refractivity contribution is 8.03. The van der Waals surface area contributed by atoms with Gasteiger partial charge in [0.1, 0.15) is 0 Å². The first-order chi connectivity index (χ1) is 4.93. The lowest BCUT2D eigenvalue weighted by Crippen LogP contribution is -1.71. The number of rotatable bonds is 2. The summed E-state index contributed by atoms with van der Waals surface area (Å²) in [6, 6.07) is 0. The van der Waals surface area contributed by atoms with Gasteiger partial charge in [0.15, 0.2) is 0 Å². The summed E-state index contributed by atoms with van der Waals surface area (Å²) < 4.78 is 0. The predicted octanol–water partition coefficient (Wildman–Crippen LogP) is 2.26. The molecule has 0 aromatic heterocycles. The van der Waals surface area contributed by atoms with Crippen LogP contribution in [0.2, 0.25) is 0 Å². The lowest BCUT2D eigenvalue weighted by Gasteiger charge is -1.93. The lowest BCUT2D eigenvalue weighted by atomic mass is 10.4. The summed E-state index contributed by atoms with van der Waals surface area (Å²) in [5, 5.41) is 0. The summed E-state index contributed by atoms with van der Waals surface area (Å²) >= 11 is 1.85. The van der Waals surface area contributed by atoms with E-state index in [4.69, 9.17) is 0 Å². The van der Waals surface area contributed by atoms with E-state index in [-0.39, 0.29) is 0 Å². The van der Waals surface area contributed by atoms with Crippen molar-refractivity contribution in [2.45, 2.75) is 6.92 Å². The van der Waals surface area contributed by atoms with Gasteiger partial charge in [-0.2, -0.15) is 0 Å². The number of hydrogen-bond donors (Lipinski definition) is 0. The zero-order chi connectivity index (χ0) is 7.23. The van der Waals surface area contributed by atoms with Crippen molar-refractivity contribution in [3.8, 4) is 0 Å². The molecule has 0 aromatic carbocycles. The van der Waals surface area contributed by atoms with Crippen LogP contribution in [-0.4, -0.2) is 18.5 Å². The third kappa shape index (κ3) is 2.40. The minimum atomic E-state index is 0.824. The van der Waals surface area contributed by atoms with Crippen LogP contribution >= 0.6 is 11.8 Å². The van der Waals surface area contributed by atoms with Crippen LogP contribution in [0.25, 0.3) is 0 Å². The minimum Gasteiger partial charge on any atom is -0.289 e. The Morgan fingerprint density at radius 1 is 1.70 bits per heavy atom. The molecule has 54 valence electrons. The zero-order valence-corrected chi connectivity index (χ0v) is 6.90. The number of allylic oxidation sites excluding steroid dienone is 2. The van der Waals surface area contributed by atoms with Gasteiger partial charge >= 0.3 is 0 Å². The van der Waals surface area contributed by atoms with Gasteiger partial charge in [-0.3, -0.25) is 4.99 Å². The number of nitrogens with zero attached hydrogens (tertiary/aromatic N) is 1. The molecule has 1 heterocycles. The summed E-state index contributed by atoms with van der Waals surface area (Å²) in [5.41, 5.74) is 0. The van der Waals surface area contributed by atoms with Crippen LogP contribution in [-0.2, 0) is 0 Å². The third-order valence-electron chi connectivity index (χ3n) is 1.15. The van der Waals surface area contributed by atoms with Crippen LogP contribution in [0.4, 0.5) is 0 Å². The highest BCUT2D eigenvalue weighted by Gasteiger charge is 1.90. The van der Waals surface area contributed by atoms with E-state index in [2.05, 4.69) is 30.1 Å². The molecular weight excluding hydrogens is 142 g/mol. The molecule has 1 aliphatic heterocycles. The second-order valence-electron chi connectivity index (χ2n) is 1.92.